The highest BCUT2D eigenvalue weighted by Crippen LogP contribution is 2.32. The number of thiophene rings is 1. The van der Waals surface area contributed by atoms with E-state index < -0.39 is 0 Å². The summed E-state index contributed by atoms with van der Waals surface area (Å²) in [5.41, 5.74) is 2.13. The van der Waals surface area contributed by atoms with Gasteiger partial charge in [-0.2, -0.15) is 0 Å². The van der Waals surface area contributed by atoms with Crippen LogP contribution >= 0.6 is 27.3 Å². The molecule has 0 aliphatic rings. The van der Waals surface area contributed by atoms with Gasteiger partial charge in [0.1, 0.15) is 5.82 Å². The lowest BCUT2D eigenvalue weighted by Gasteiger charge is -2.19. The molecular weight excluding hydrogens is 325 g/mol. The van der Waals surface area contributed by atoms with Crippen LogP contribution in [0.5, 0.6) is 0 Å². The molecule has 1 N–H and O–H groups in total. The molecule has 4 heteroatoms. The van der Waals surface area contributed by atoms with Crippen LogP contribution < -0.4 is 5.32 Å². The standard InChI is InChI=1S/C15H17BrFNS/c1-3-8-18-15(13-6-7-14(16)19-13)12-5-4-11(17)9-10(12)2/h4-7,9,15,18H,3,8H2,1-2H3. The first-order chi connectivity index (χ1) is 9.11. The Labute approximate surface area is 126 Å². The Balaban J connectivity index is 2.36. The Bertz CT molecular complexity index is 553. The fourth-order valence-corrected chi connectivity index (χ4v) is 3.62. The minimum atomic E-state index is -0.178. The minimum absolute atomic E-state index is 0.136. The maximum absolute atomic E-state index is 13.2. The van der Waals surface area contributed by atoms with Crippen LogP contribution in [0, 0.1) is 12.7 Å². The molecule has 0 saturated heterocycles. The summed E-state index contributed by atoms with van der Waals surface area (Å²) < 4.78 is 14.4. The Hall–Kier alpha value is -0.710. The fraction of sp³-hybridized carbons (Fsp3) is 0.333. The van der Waals surface area contributed by atoms with Crippen LogP contribution in [0.1, 0.15) is 35.4 Å². The van der Waals surface area contributed by atoms with Crippen molar-refractivity contribution in [2.45, 2.75) is 26.3 Å². The Morgan fingerprint density at radius 3 is 2.68 bits per heavy atom. The van der Waals surface area contributed by atoms with Crippen LogP contribution in [-0.4, -0.2) is 6.54 Å². The number of halogens is 2. The van der Waals surface area contributed by atoms with Gasteiger partial charge in [0, 0.05) is 4.88 Å². The second-order valence-corrected chi connectivity index (χ2v) is 7.02. The lowest BCUT2D eigenvalue weighted by molar-refractivity contribution is 0.596. The van der Waals surface area contributed by atoms with Gasteiger partial charge in [0.25, 0.3) is 0 Å². The SMILES string of the molecule is CCCNC(c1ccc(Br)s1)c1ccc(F)cc1C. The molecule has 0 amide bonds. The topological polar surface area (TPSA) is 12.0 Å². The van der Waals surface area contributed by atoms with E-state index in [1.165, 1.54) is 10.9 Å². The fourth-order valence-electron chi connectivity index (χ4n) is 2.10. The van der Waals surface area contributed by atoms with Gasteiger partial charge in [-0.3, -0.25) is 0 Å². The van der Waals surface area contributed by atoms with Gasteiger partial charge >= 0.3 is 0 Å². The first-order valence-electron chi connectivity index (χ1n) is 6.36. The van der Waals surface area contributed by atoms with Crippen molar-refractivity contribution < 1.29 is 4.39 Å². The zero-order valence-electron chi connectivity index (χ0n) is 11.0. The molecule has 0 radical (unpaired) electrons. The molecule has 2 aromatic rings. The molecule has 0 aliphatic heterocycles. The van der Waals surface area contributed by atoms with Gasteiger partial charge in [-0.15, -0.1) is 11.3 Å². The third-order valence-corrected chi connectivity index (χ3v) is 4.71. The summed E-state index contributed by atoms with van der Waals surface area (Å²) in [6.45, 7) is 5.05. The third-order valence-electron chi connectivity index (χ3n) is 3.02. The van der Waals surface area contributed by atoms with E-state index in [2.05, 4.69) is 40.3 Å². The minimum Gasteiger partial charge on any atom is -0.306 e. The maximum atomic E-state index is 13.2. The zero-order valence-corrected chi connectivity index (χ0v) is 13.4. The van der Waals surface area contributed by atoms with Crippen molar-refractivity contribution in [3.63, 3.8) is 0 Å². The second kappa shape index (κ2) is 6.64. The van der Waals surface area contributed by atoms with Gasteiger partial charge in [0.05, 0.1) is 9.83 Å². The normalized spacial score (nSPS) is 12.6. The van der Waals surface area contributed by atoms with Gasteiger partial charge < -0.3 is 5.32 Å². The van der Waals surface area contributed by atoms with E-state index in [0.29, 0.717) is 0 Å². The Morgan fingerprint density at radius 2 is 2.11 bits per heavy atom. The number of hydrogen-bond acceptors (Lipinski definition) is 2. The average Bonchev–Trinajstić information content (AvgIpc) is 2.78. The molecule has 19 heavy (non-hydrogen) atoms. The van der Waals surface area contributed by atoms with Crippen LogP contribution in [0.25, 0.3) is 0 Å². The molecule has 1 heterocycles. The molecule has 102 valence electrons. The summed E-state index contributed by atoms with van der Waals surface area (Å²) in [5.74, 6) is -0.178. The Morgan fingerprint density at radius 1 is 1.32 bits per heavy atom. The maximum Gasteiger partial charge on any atom is 0.123 e. The second-order valence-electron chi connectivity index (χ2n) is 4.53. The van der Waals surface area contributed by atoms with Crippen LogP contribution in [0.3, 0.4) is 0 Å². The van der Waals surface area contributed by atoms with Crippen molar-refractivity contribution in [3.05, 3.63) is 55.9 Å². The summed E-state index contributed by atoms with van der Waals surface area (Å²) in [5, 5.41) is 3.54. The number of aryl methyl sites for hydroxylation is 1. The number of benzene rings is 1. The van der Waals surface area contributed by atoms with E-state index in [4.69, 9.17) is 0 Å². The largest absolute Gasteiger partial charge is 0.306 e. The van der Waals surface area contributed by atoms with Crippen LogP contribution in [0.4, 0.5) is 4.39 Å². The van der Waals surface area contributed by atoms with Gasteiger partial charge in [0.2, 0.25) is 0 Å². The first-order valence-corrected chi connectivity index (χ1v) is 7.97. The van der Waals surface area contributed by atoms with Crippen molar-refractivity contribution in [1.82, 2.24) is 5.32 Å². The average molecular weight is 342 g/mol. The lowest BCUT2D eigenvalue weighted by Crippen LogP contribution is -2.23. The number of hydrogen-bond donors (Lipinski definition) is 1. The summed E-state index contributed by atoms with van der Waals surface area (Å²) in [4.78, 5) is 1.25. The predicted octanol–water partition coefficient (Wildman–Crippen LogP) is 5.05. The zero-order chi connectivity index (χ0) is 13.8. The van der Waals surface area contributed by atoms with Crippen LogP contribution in [-0.2, 0) is 0 Å². The molecule has 0 bridgehead atoms. The van der Waals surface area contributed by atoms with Crippen LogP contribution in [0.15, 0.2) is 34.1 Å². The molecule has 1 unspecified atom stereocenters. The molecule has 0 spiro atoms. The van der Waals surface area contributed by atoms with Gasteiger partial charge in [-0.1, -0.05) is 13.0 Å². The summed E-state index contributed by atoms with van der Waals surface area (Å²) in [6.07, 6.45) is 1.07. The number of nitrogens with one attached hydrogen (secondary N) is 1. The molecule has 2 rings (SSSR count). The highest BCUT2D eigenvalue weighted by Gasteiger charge is 2.17. The highest BCUT2D eigenvalue weighted by atomic mass is 79.9. The van der Waals surface area contributed by atoms with Crippen molar-refractivity contribution in [2.24, 2.45) is 0 Å². The molecule has 1 aromatic carbocycles. The number of rotatable bonds is 5. The van der Waals surface area contributed by atoms with E-state index in [1.807, 2.05) is 13.0 Å². The molecule has 1 nitrogen and oxygen atoms in total. The van der Waals surface area contributed by atoms with Crippen molar-refractivity contribution in [3.8, 4) is 0 Å². The van der Waals surface area contributed by atoms with Gasteiger partial charge in [-0.25, -0.2) is 4.39 Å². The highest BCUT2D eigenvalue weighted by molar-refractivity contribution is 9.11. The molecule has 1 aromatic heterocycles. The van der Waals surface area contributed by atoms with Crippen molar-refractivity contribution in [2.75, 3.05) is 6.54 Å². The van der Waals surface area contributed by atoms with Gasteiger partial charge in [0.15, 0.2) is 0 Å². The van der Waals surface area contributed by atoms with E-state index in [-0.39, 0.29) is 11.9 Å². The third kappa shape index (κ3) is 3.65. The molecular formula is C15H17BrFNS. The van der Waals surface area contributed by atoms with Crippen LogP contribution in [0.2, 0.25) is 0 Å². The quantitative estimate of drug-likeness (QED) is 0.802. The van der Waals surface area contributed by atoms with Gasteiger partial charge in [-0.05, 0) is 71.2 Å². The van der Waals surface area contributed by atoms with E-state index in [0.717, 1.165) is 27.9 Å². The van der Waals surface area contributed by atoms with E-state index >= 15 is 0 Å². The summed E-state index contributed by atoms with van der Waals surface area (Å²) >= 11 is 5.22. The predicted molar refractivity (Wildman–Crippen MR) is 83.3 cm³/mol. The molecule has 0 fully saturated rings. The first kappa shape index (κ1) is 14.7. The lowest BCUT2D eigenvalue weighted by atomic mass is 9.99. The molecule has 1 atom stereocenters. The monoisotopic (exact) mass is 341 g/mol. The molecule has 0 saturated carbocycles. The smallest absolute Gasteiger partial charge is 0.123 e. The Kier molecular flexibility index (Phi) is 5.13. The van der Waals surface area contributed by atoms with E-state index in [1.54, 1.807) is 17.4 Å². The summed E-state index contributed by atoms with van der Waals surface area (Å²) in [6, 6.07) is 9.32. The summed E-state index contributed by atoms with van der Waals surface area (Å²) in [7, 11) is 0. The van der Waals surface area contributed by atoms with E-state index in [9.17, 15) is 4.39 Å². The van der Waals surface area contributed by atoms with Crippen molar-refractivity contribution >= 4 is 27.3 Å². The molecule has 0 aliphatic carbocycles. The van der Waals surface area contributed by atoms with Crippen molar-refractivity contribution in [1.29, 1.82) is 0 Å².